The van der Waals surface area contributed by atoms with Gasteiger partial charge in [0.25, 0.3) is 0 Å². The molecule has 0 N–H and O–H groups in total. The topological polar surface area (TPSA) is 23.6 Å². The smallest absolute Gasteiger partial charge is 0.234 e. The Bertz CT molecular complexity index is 556. The quantitative estimate of drug-likeness (QED) is 0.825. The van der Waals surface area contributed by atoms with Gasteiger partial charge >= 0.3 is 0 Å². The highest BCUT2D eigenvalue weighted by Crippen LogP contribution is 2.47. The summed E-state index contributed by atoms with van der Waals surface area (Å²) in [5.41, 5.74) is -0.0867. The fourth-order valence-corrected chi connectivity index (χ4v) is 6.28. The molecule has 1 aromatic heterocycles. The van der Waals surface area contributed by atoms with Crippen LogP contribution in [0.1, 0.15) is 56.2 Å². The zero-order valence-corrected chi connectivity index (χ0v) is 15.0. The molecule has 4 rings (SSSR count). The predicted molar refractivity (Wildman–Crippen MR) is 94.9 cm³/mol. The Labute approximate surface area is 143 Å². The third kappa shape index (κ3) is 2.45. The van der Waals surface area contributed by atoms with Gasteiger partial charge in [-0.05, 0) is 44.2 Å². The summed E-state index contributed by atoms with van der Waals surface area (Å²) in [6.45, 7) is 3.01. The molecule has 1 aromatic rings. The van der Waals surface area contributed by atoms with Gasteiger partial charge in [-0.1, -0.05) is 31.7 Å². The van der Waals surface area contributed by atoms with Crippen LogP contribution in [0.25, 0.3) is 0 Å². The highest BCUT2D eigenvalue weighted by molar-refractivity contribution is 7.10. The van der Waals surface area contributed by atoms with Crippen molar-refractivity contribution < 1.29 is 4.79 Å². The van der Waals surface area contributed by atoms with E-state index >= 15 is 0 Å². The molecule has 1 spiro atoms. The van der Waals surface area contributed by atoms with E-state index in [0.717, 1.165) is 32.5 Å². The van der Waals surface area contributed by atoms with Crippen LogP contribution in [-0.4, -0.2) is 47.9 Å². The fourth-order valence-electron chi connectivity index (χ4n) is 5.31. The van der Waals surface area contributed by atoms with Crippen LogP contribution >= 0.6 is 11.3 Å². The van der Waals surface area contributed by atoms with Gasteiger partial charge in [0.05, 0.1) is 11.0 Å². The summed E-state index contributed by atoms with van der Waals surface area (Å²) in [5.74, 6) is 0.451. The molecule has 2 heterocycles. The molecule has 1 aliphatic heterocycles. The van der Waals surface area contributed by atoms with Crippen LogP contribution in [0, 0.1) is 0 Å². The normalized spacial score (nSPS) is 26.9. The van der Waals surface area contributed by atoms with Gasteiger partial charge in [-0.25, -0.2) is 0 Å². The van der Waals surface area contributed by atoms with Gasteiger partial charge in [0.15, 0.2) is 0 Å². The van der Waals surface area contributed by atoms with Crippen molar-refractivity contribution in [2.24, 2.45) is 0 Å². The SMILES string of the molecule is CN1CCN(C(=O)C2(c3cccs3)CCCC2)C2(CCCC2)C1. The fraction of sp³-hybridized carbons (Fsp3) is 0.737. The van der Waals surface area contributed by atoms with Crippen LogP contribution in [-0.2, 0) is 10.2 Å². The molecule has 0 bridgehead atoms. The molecule has 23 heavy (non-hydrogen) atoms. The maximum Gasteiger partial charge on any atom is 0.234 e. The Morgan fingerprint density at radius 3 is 2.43 bits per heavy atom. The van der Waals surface area contributed by atoms with Gasteiger partial charge in [-0.3, -0.25) is 4.79 Å². The largest absolute Gasteiger partial charge is 0.334 e. The van der Waals surface area contributed by atoms with Crippen molar-refractivity contribution in [3.8, 4) is 0 Å². The van der Waals surface area contributed by atoms with E-state index in [-0.39, 0.29) is 11.0 Å². The lowest BCUT2D eigenvalue weighted by molar-refractivity contribution is -0.148. The number of carbonyl (C=O) groups is 1. The lowest BCUT2D eigenvalue weighted by Crippen LogP contribution is -2.64. The molecule has 0 atom stereocenters. The zero-order chi connectivity index (χ0) is 15.9. The molecule has 126 valence electrons. The van der Waals surface area contributed by atoms with Crippen molar-refractivity contribution in [1.29, 1.82) is 0 Å². The highest BCUT2D eigenvalue weighted by atomic mass is 32.1. The van der Waals surface area contributed by atoms with E-state index < -0.39 is 0 Å². The highest BCUT2D eigenvalue weighted by Gasteiger charge is 2.52. The molecular weight excluding hydrogens is 304 g/mol. The summed E-state index contributed by atoms with van der Waals surface area (Å²) < 4.78 is 0. The molecule has 0 radical (unpaired) electrons. The first-order valence-corrected chi connectivity index (χ1v) is 10.1. The van der Waals surface area contributed by atoms with Crippen molar-refractivity contribution in [2.45, 2.75) is 62.3 Å². The molecule has 1 saturated heterocycles. The lowest BCUT2D eigenvalue weighted by atomic mass is 9.80. The Morgan fingerprint density at radius 1 is 1.09 bits per heavy atom. The number of hydrogen-bond donors (Lipinski definition) is 0. The van der Waals surface area contributed by atoms with Gasteiger partial charge in [-0.2, -0.15) is 0 Å². The maximum atomic E-state index is 13.8. The summed E-state index contributed by atoms with van der Waals surface area (Å²) in [5, 5.41) is 2.14. The molecule has 3 aliphatic rings. The molecule has 2 saturated carbocycles. The minimum Gasteiger partial charge on any atom is -0.334 e. The molecule has 2 aliphatic carbocycles. The Kier molecular flexibility index (Phi) is 4.01. The van der Waals surface area contributed by atoms with Gasteiger partial charge < -0.3 is 9.80 Å². The standard InChI is InChI=1S/C19H28N2OS/c1-20-12-13-21(18(15-20)8-2-3-9-18)17(22)19(10-4-5-11-19)16-7-6-14-23-16/h6-7,14H,2-5,8-13,15H2,1H3. The number of carbonyl (C=O) groups excluding carboxylic acids is 1. The first-order valence-electron chi connectivity index (χ1n) is 9.21. The van der Waals surface area contributed by atoms with Crippen molar-refractivity contribution in [2.75, 3.05) is 26.7 Å². The van der Waals surface area contributed by atoms with Crippen LogP contribution in [0.5, 0.6) is 0 Å². The zero-order valence-electron chi connectivity index (χ0n) is 14.2. The molecule has 1 amide bonds. The molecule has 3 nitrogen and oxygen atoms in total. The van der Waals surface area contributed by atoms with E-state index in [2.05, 4.69) is 34.4 Å². The molecule has 3 fully saturated rings. The van der Waals surface area contributed by atoms with E-state index in [1.807, 2.05) is 0 Å². The average Bonchev–Trinajstić information content (AvgIpc) is 3.29. The van der Waals surface area contributed by atoms with Crippen molar-refractivity contribution in [1.82, 2.24) is 9.80 Å². The van der Waals surface area contributed by atoms with E-state index in [4.69, 9.17) is 0 Å². The van der Waals surface area contributed by atoms with Gasteiger partial charge in [0.2, 0.25) is 5.91 Å². The van der Waals surface area contributed by atoms with Gasteiger partial charge in [-0.15, -0.1) is 11.3 Å². The number of thiophene rings is 1. The second-order valence-electron chi connectivity index (χ2n) is 7.89. The number of likely N-dealkylation sites (N-methyl/N-ethyl adjacent to an activating group) is 1. The number of nitrogens with zero attached hydrogens (tertiary/aromatic N) is 2. The van der Waals surface area contributed by atoms with Crippen LogP contribution in [0.15, 0.2) is 17.5 Å². The Balaban J connectivity index is 1.69. The van der Waals surface area contributed by atoms with Gasteiger partial charge in [0.1, 0.15) is 0 Å². The summed E-state index contributed by atoms with van der Waals surface area (Å²) >= 11 is 1.78. The third-order valence-corrected chi connectivity index (χ3v) is 7.55. The van der Waals surface area contributed by atoms with Crippen molar-refractivity contribution in [3.05, 3.63) is 22.4 Å². The minimum absolute atomic E-state index is 0.122. The van der Waals surface area contributed by atoms with E-state index in [1.54, 1.807) is 11.3 Å². The Morgan fingerprint density at radius 2 is 1.78 bits per heavy atom. The number of amides is 1. The number of hydrogen-bond acceptors (Lipinski definition) is 3. The van der Waals surface area contributed by atoms with Crippen LogP contribution in [0.2, 0.25) is 0 Å². The first kappa shape index (κ1) is 15.6. The van der Waals surface area contributed by atoms with Crippen LogP contribution in [0.4, 0.5) is 0 Å². The van der Waals surface area contributed by atoms with Crippen LogP contribution < -0.4 is 0 Å². The van der Waals surface area contributed by atoms with E-state index in [9.17, 15) is 4.79 Å². The maximum absolute atomic E-state index is 13.8. The third-order valence-electron chi connectivity index (χ3n) is 6.48. The second-order valence-corrected chi connectivity index (χ2v) is 8.84. The minimum atomic E-state index is -0.209. The second kappa shape index (κ2) is 5.89. The monoisotopic (exact) mass is 332 g/mol. The van der Waals surface area contributed by atoms with Crippen molar-refractivity contribution in [3.63, 3.8) is 0 Å². The molecular formula is C19H28N2OS. The molecule has 0 aromatic carbocycles. The molecule has 4 heteroatoms. The van der Waals surface area contributed by atoms with E-state index in [0.29, 0.717) is 5.91 Å². The lowest BCUT2D eigenvalue weighted by Gasteiger charge is -2.51. The number of rotatable bonds is 2. The van der Waals surface area contributed by atoms with Crippen LogP contribution in [0.3, 0.4) is 0 Å². The summed E-state index contributed by atoms with van der Waals surface area (Å²) in [7, 11) is 2.21. The summed E-state index contributed by atoms with van der Waals surface area (Å²) in [4.78, 5) is 19.9. The predicted octanol–water partition coefficient (Wildman–Crippen LogP) is 3.65. The number of piperazine rings is 1. The summed E-state index contributed by atoms with van der Waals surface area (Å²) in [6.07, 6.45) is 9.46. The summed E-state index contributed by atoms with van der Waals surface area (Å²) in [6, 6.07) is 4.31. The molecule has 0 unspecified atom stereocenters. The Hall–Kier alpha value is -0.870. The first-order chi connectivity index (χ1) is 11.2. The average molecular weight is 333 g/mol. The van der Waals surface area contributed by atoms with Gasteiger partial charge in [0, 0.05) is 24.5 Å². The van der Waals surface area contributed by atoms with E-state index in [1.165, 1.54) is 43.4 Å². The van der Waals surface area contributed by atoms with Crippen molar-refractivity contribution >= 4 is 17.2 Å².